The number of aryl methyl sites for hydroxylation is 2. The fourth-order valence-corrected chi connectivity index (χ4v) is 4.42. The van der Waals surface area contributed by atoms with Gasteiger partial charge < -0.3 is 35.9 Å². The number of anilines is 2. The molecule has 5 N–H and O–H groups in total. The number of rotatable bonds is 3. The highest BCUT2D eigenvalue weighted by atomic mass is 16.5. The number of nitrogens with zero attached hydrogens (tertiary/aromatic N) is 6. The van der Waals surface area contributed by atoms with Crippen LogP contribution in [0, 0.1) is 26.3 Å². The van der Waals surface area contributed by atoms with Crippen LogP contribution in [0.1, 0.15) is 12.7 Å². The van der Waals surface area contributed by atoms with E-state index in [-0.39, 0.29) is 13.1 Å². The first-order valence-electron chi connectivity index (χ1n) is 11.8. The summed E-state index contributed by atoms with van der Waals surface area (Å²) in [6, 6.07) is 11.7. The van der Waals surface area contributed by atoms with Crippen molar-refractivity contribution in [2.24, 2.45) is 0 Å². The number of carbonyl (C=O) groups excluding carboxylic acids is 1. The lowest BCUT2D eigenvalue weighted by Gasteiger charge is -2.48. The second kappa shape index (κ2) is 15.7. The number of hydrogen-bond donors (Lipinski definition) is 1. The van der Waals surface area contributed by atoms with E-state index in [0.29, 0.717) is 6.04 Å². The molecule has 36 heavy (non-hydrogen) atoms. The van der Waals surface area contributed by atoms with E-state index in [1.54, 1.807) is 0 Å². The van der Waals surface area contributed by atoms with Crippen molar-refractivity contribution in [3.8, 4) is 12.5 Å². The van der Waals surface area contributed by atoms with Gasteiger partial charge in [-0.15, -0.1) is 0 Å². The molecule has 3 fully saturated rings. The van der Waals surface area contributed by atoms with Gasteiger partial charge in [0, 0.05) is 89.6 Å². The molecule has 5 rings (SSSR count). The molecule has 0 radical (unpaired) electrons. The Morgan fingerprint density at radius 2 is 1.69 bits per heavy atom. The van der Waals surface area contributed by atoms with Gasteiger partial charge in [0.25, 0.3) is 0 Å². The number of terminal acetylenes is 1. The summed E-state index contributed by atoms with van der Waals surface area (Å²) in [5, 5.41) is 0. The molecule has 3 saturated heterocycles. The minimum Gasteiger partial charge on any atom is -0.412 e. The molecule has 5 heterocycles. The Morgan fingerprint density at radius 3 is 2.28 bits per heavy atom. The van der Waals surface area contributed by atoms with E-state index >= 15 is 0 Å². The van der Waals surface area contributed by atoms with Crippen LogP contribution in [0.5, 0.6) is 0 Å². The summed E-state index contributed by atoms with van der Waals surface area (Å²) in [4.78, 5) is 26.0. The van der Waals surface area contributed by atoms with Crippen molar-refractivity contribution in [2.45, 2.75) is 19.9 Å². The van der Waals surface area contributed by atoms with Crippen molar-refractivity contribution < 1.29 is 16.4 Å². The molecule has 0 bridgehead atoms. The lowest BCUT2D eigenvalue weighted by Crippen LogP contribution is -2.63. The van der Waals surface area contributed by atoms with Crippen LogP contribution in [0.3, 0.4) is 0 Å². The van der Waals surface area contributed by atoms with E-state index in [1.807, 2.05) is 32.2 Å². The molecule has 0 aliphatic carbocycles. The molecule has 2 aromatic heterocycles. The van der Waals surface area contributed by atoms with E-state index < -0.39 is 0 Å². The topological polar surface area (TPSA) is 132 Å². The van der Waals surface area contributed by atoms with Gasteiger partial charge in [0.1, 0.15) is 12.6 Å². The Balaban J connectivity index is 0.000000640. The van der Waals surface area contributed by atoms with Gasteiger partial charge in [0.2, 0.25) is 0 Å². The van der Waals surface area contributed by atoms with Gasteiger partial charge >= 0.3 is 0 Å². The molecular weight excluding hydrogens is 458 g/mol. The predicted molar refractivity (Wildman–Crippen MR) is 147 cm³/mol. The minimum atomic E-state index is 0. The highest BCUT2D eigenvalue weighted by Gasteiger charge is 2.33. The van der Waals surface area contributed by atoms with Crippen molar-refractivity contribution in [3.05, 3.63) is 47.9 Å². The summed E-state index contributed by atoms with van der Waals surface area (Å²) >= 11 is 0. The first-order chi connectivity index (χ1) is 16.6. The number of ether oxygens (including phenoxy) is 1. The Labute approximate surface area is 216 Å². The summed E-state index contributed by atoms with van der Waals surface area (Å²) < 4.78 is 5.30. The summed E-state index contributed by atoms with van der Waals surface area (Å²) in [5.74, 6) is 1.11. The molecule has 3 aliphatic rings. The van der Waals surface area contributed by atoms with Crippen LogP contribution in [-0.2, 0) is 9.53 Å². The first-order valence-corrected chi connectivity index (χ1v) is 11.8. The molecule has 10 nitrogen and oxygen atoms in total. The van der Waals surface area contributed by atoms with Gasteiger partial charge in [0.15, 0.2) is 0 Å². The highest BCUT2D eigenvalue weighted by molar-refractivity contribution is 5.51. The molecule has 3 aliphatic heterocycles. The van der Waals surface area contributed by atoms with Crippen molar-refractivity contribution in [3.63, 3.8) is 0 Å². The van der Waals surface area contributed by atoms with Gasteiger partial charge in [-0.3, -0.25) is 9.88 Å². The van der Waals surface area contributed by atoms with Gasteiger partial charge in [-0.05, 0) is 37.6 Å². The number of piperazine rings is 1. The molecule has 0 atom stereocenters. The second-order valence-electron chi connectivity index (χ2n) is 8.61. The van der Waals surface area contributed by atoms with E-state index in [0.717, 1.165) is 77.1 Å². The SMILES string of the molecule is C#CN1CCN(C2CN(c3cccc(C)n3)C2)CC1.C=O.Cc1cnccc1N1CCOCC1.N.O.[HH]. The van der Waals surface area contributed by atoms with Crippen molar-refractivity contribution in [1.82, 2.24) is 25.9 Å². The monoisotopic (exact) mass is 501 g/mol. The predicted octanol–water partition coefficient (Wildman–Crippen LogP) is 1.41. The fourth-order valence-electron chi connectivity index (χ4n) is 4.42. The number of pyridine rings is 2. The number of morpholine rings is 1. The zero-order valence-corrected chi connectivity index (χ0v) is 21.6. The molecule has 2 aromatic rings. The third kappa shape index (κ3) is 8.17. The molecule has 10 heteroatoms. The number of carbonyl (C=O) groups is 1. The van der Waals surface area contributed by atoms with Crippen LogP contribution in [-0.4, -0.2) is 104 Å². The van der Waals surface area contributed by atoms with E-state index in [4.69, 9.17) is 16.0 Å². The maximum atomic E-state index is 8.00. The van der Waals surface area contributed by atoms with Crippen LogP contribution < -0.4 is 16.0 Å². The molecule has 0 amide bonds. The quantitative estimate of drug-likeness (QED) is 0.620. The smallest absolute Gasteiger partial charge is 0.128 e. The average Bonchev–Trinajstić information content (AvgIpc) is 2.86. The van der Waals surface area contributed by atoms with Gasteiger partial charge in [0.05, 0.1) is 13.2 Å². The highest BCUT2D eigenvalue weighted by Crippen LogP contribution is 2.23. The summed E-state index contributed by atoms with van der Waals surface area (Å²) in [5.41, 5.74) is 3.62. The Bertz CT molecular complexity index is 942. The Hall–Kier alpha value is -3.23. The normalized spacial score (nSPS) is 17.5. The molecular formula is C26H43N7O3. The van der Waals surface area contributed by atoms with Crippen molar-refractivity contribution >= 4 is 18.3 Å². The third-order valence-corrected chi connectivity index (χ3v) is 6.42. The second-order valence-corrected chi connectivity index (χ2v) is 8.61. The molecule has 0 aromatic carbocycles. The van der Waals surface area contributed by atoms with Crippen molar-refractivity contribution in [2.75, 3.05) is 75.4 Å². The zero-order valence-electron chi connectivity index (χ0n) is 21.6. The summed E-state index contributed by atoms with van der Waals surface area (Å²) in [6.07, 6.45) is 9.18. The van der Waals surface area contributed by atoms with Crippen LogP contribution in [0.15, 0.2) is 36.7 Å². The Morgan fingerprint density at radius 1 is 1.03 bits per heavy atom. The summed E-state index contributed by atoms with van der Waals surface area (Å²) in [7, 11) is 0. The average molecular weight is 502 g/mol. The van der Waals surface area contributed by atoms with Crippen LogP contribution in [0.4, 0.5) is 11.5 Å². The first kappa shape index (κ1) is 30.8. The number of aromatic nitrogens is 2. The molecule has 0 spiro atoms. The lowest BCUT2D eigenvalue weighted by molar-refractivity contribution is -0.0980. The van der Waals surface area contributed by atoms with E-state index in [1.165, 1.54) is 11.3 Å². The van der Waals surface area contributed by atoms with Gasteiger partial charge in [-0.25, -0.2) is 4.98 Å². The minimum absolute atomic E-state index is 0. The zero-order chi connectivity index (χ0) is 24.3. The standard InChI is InChI=1S/C15H20N4.C10H14N2O.CH2O.H3N.H2O.H2/c1-3-17-7-9-18(10-8-17)14-11-19(12-14)15-6-4-5-13(2)16-15;1-9-8-11-3-2-10(9)12-4-6-13-7-5-12;1-2;;;/h1,4-6,14H,7-12H2,2H3;2-3,8H,4-7H2,1H3;1H2;1H3;1H2;1H. The summed E-state index contributed by atoms with van der Waals surface area (Å²) in [6.45, 7) is 16.1. The molecule has 0 unspecified atom stereocenters. The molecule has 0 saturated carbocycles. The fraction of sp³-hybridized carbons (Fsp3) is 0.500. The van der Waals surface area contributed by atoms with Gasteiger partial charge in [-0.2, -0.15) is 0 Å². The Kier molecular flexibility index (Phi) is 13.4. The third-order valence-electron chi connectivity index (χ3n) is 6.42. The van der Waals surface area contributed by atoms with Crippen LogP contribution in [0.2, 0.25) is 0 Å². The van der Waals surface area contributed by atoms with Crippen molar-refractivity contribution in [1.29, 1.82) is 0 Å². The lowest BCUT2D eigenvalue weighted by atomic mass is 10.1. The molecule has 200 valence electrons. The van der Waals surface area contributed by atoms with Crippen LogP contribution >= 0.6 is 0 Å². The maximum Gasteiger partial charge on any atom is 0.128 e. The van der Waals surface area contributed by atoms with E-state index in [2.05, 4.69) is 60.7 Å². The number of hydrogen-bond acceptors (Lipinski definition) is 9. The maximum absolute atomic E-state index is 8.00. The van der Waals surface area contributed by atoms with E-state index in [9.17, 15) is 0 Å². The van der Waals surface area contributed by atoms with Gasteiger partial charge in [-0.1, -0.05) is 12.5 Å². The largest absolute Gasteiger partial charge is 0.412 e. The van der Waals surface area contributed by atoms with Crippen LogP contribution in [0.25, 0.3) is 0 Å².